The van der Waals surface area contributed by atoms with Gasteiger partial charge in [-0.3, -0.25) is 19.2 Å². The van der Waals surface area contributed by atoms with Gasteiger partial charge in [-0.2, -0.15) is 0 Å². The molecule has 0 saturated carbocycles. The van der Waals surface area contributed by atoms with Gasteiger partial charge in [-0.1, -0.05) is 25.6 Å². The molecule has 1 aliphatic heterocycles. The Bertz CT molecular complexity index is 644. The van der Waals surface area contributed by atoms with Crippen molar-refractivity contribution >= 4 is 34.6 Å². The van der Waals surface area contributed by atoms with Crippen molar-refractivity contribution in [2.45, 2.75) is 38.1 Å². The van der Waals surface area contributed by atoms with Gasteiger partial charge in [-0.05, 0) is 18.4 Å². The number of nitrogens with one attached hydrogen (secondary N) is 3. The van der Waals surface area contributed by atoms with Crippen LogP contribution in [0.4, 0.5) is 4.79 Å². The van der Waals surface area contributed by atoms with Crippen LogP contribution in [-0.4, -0.2) is 41.5 Å². The van der Waals surface area contributed by atoms with Gasteiger partial charge < -0.3 is 20.4 Å². The molecule has 2 atom stereocenters. The number of amides is 3. The van der Waals surface area contributed by atoms with Crippen molar-refractivity contribution in [1.82, 2.24) is 16.0 Å². The zero-order valence-electron chi connectivity index (χ0n) is 14.0. The Hall–Kier alpha value is -2.29. The number of rotatable bonds is 6. The van der Waals surface area contributed by atoms with Crippen LogP contribution in [0.3, 0.4) is 0 Å². The molecule has 136 valence electrons. The van der Waals surface area contributed by atoms with E-state index in [4.69, 9.17) is 4.42 Å². The normalized spacial score (nSPS) is 18.6. The zero-order valence-corrected chi connectivity index (χ0v) is 14.9. The Morgan fingerprint density at radius 1 is 1.40 bits per heavy atom. The van der Waals surface area contributed by atoms with Crippen molar-refractivity contribution in [3.63, 3.8) is 0 Å². The Balaban J connectivity index is 1.90. The molecule has 1 fully saturated rings. The summed E-state index contributed by atoms with van der Waals surface area (Å²) in [5, 5.41) is 7.32. The number of piperidine rings is 1. The molecule has 9 heteroatoms. The maximum Gasteiger partial charge on any atom is 0.289 e. The van der Waals surface area contributed by atoms with E-state index in [1.165, 1.54) is 6.26 Å². The molecule has 25 heavy (non-hydrogen) atoms. The highest BCUT2D eigenvalue weighted by Gasteiger charge is 2.33. The van der Waals surface area contributed by atoms with Gasteiger partial charge in [0.1, 0.15) is 6.04 Å². The van der Waals surface area contributed by atoms with Crippen LogP contribution in [0, 0.1) is 5.92 Å². The first kappa shape index (κ1) is 19.0. The summed E-state index contributed by atoms with van der Waals surface area (Å²) >= 11 is 1.02. The summed E-state index contributed by atoms with van der Waals surface area (Å²) < 4.78 is 4.93. The SMILES string of the molecule is CC(C)C(NC(=O)SCc1ccoc1)C(=O)NC1CCNC(=O)C1=O. The number of hydrogen-bond donors (Lipinski definition) is 3. The molecule has 0 spiro atoms. The van der Waals surface area contributed by atoms with Crippen LogP contribution < -0.4 is 16.0 Å². The van der Waals surface area contributed by atoms with E-state index in [9.17, 15) is 19.2 Å². The zero-order chi connectivity index (χ0) is 18.4. The lowest BCUT2D eigenvalue weighted by Gasteiger charge is -2.26. The molecular formula is C16H21N3O5S. The van der Waals surface area contributed by atoms with Gasteiger partial charge in [-0.25, -0.2) is 0 Å². The van der Waals surface area contributed by atoms with E-state index in [1.807, 2.05) is 0 Å². The largest absolute Gasteiger partial charge is 0.472 e. The van der Waals surface area contributed by atoms with Gasteiger partial charge in [0.25, 0.3) is 11.1 Å². The van der Waals surface area contributed by atoms with E-state index < -0.39 is 29.7 Å². The molecule has 0 aliphatic carbocycles. The van der Waals surface area contributed by atoms with E-state index in [1.54, 1.807) is 26.2 Å². The van der Waals surface area contributed by atoms with Crippen molar-refractivity contribution < 1.29 is 23.6 Å². The molecule has 1 aliphatic rings. The summed E-state index contributed by atoms with van der Waals surface area (Å²) in [6, 6.07) is 0.118. The molecule has 3 N–H and O–H groups in total. The number of furan rings is 1. The monoisotopic (exact) mass is 367 g/mol. The smallest absolute Gasteiger partial charge is 0.289 e. The third-order valence-corrected chi connectivity index (χ3v) is 4.61. The minimum absolute atomic E-state index is 0.175. The minimum atomic E-state index is -0.849. The third-order valence-electron chi connectivity index (χ3n) is 3.75. The lowest BCUT2D eigenvalue weighted by Crippen LogP contribution is -2.57. The molecule has 2 heterocycles. The lowest BCUT2D eigenvalue weighted by molar-refractivity contribution is -0.142. The third kappa shape index (κ3) is 5.35. The van der Waals surface area contributed by atoms with Gasteiger partial charge >= 0.3 is 0 Å². The van der Waals surface area contributed by atoms with Crippen LogP contribution in [0.1, 0.15) is 25.8 Å². The summed E-state index contributed by atoms with van der Waals surface area (Å²) in [4.78, 5) is 47.7. The fourth-order valence-corrected chi connectivity index (χ4v) is 3.01. The van der Waals surface area contributed by atoms with E-state index in [2.05, 4.69) is 16.0 Å². The summed E-state index contributed by atoms with van der Waals surface area (Å²) in [7, 11) is 0. The van der Waals surface area contributed by atoms with Crippen molar-refractivity contribution in [2.24, 2.45) is 5.92 Å². The molecule has 1 aromatic heterocycles. The molecular weight excluding hydrogens is 346 g/mol. The first-order valence-corrected chi connectivity index (χ1v) is 8.94. The van der Waals surface area contributed by atoms with E-state index in [0.29, 0.717) is 18.7 Å². The summed E-state index contributed by atoms with van der Waals surface area (Å²) in [6.07, 6.45) is 3.41. The highest BCUT2D eigenvalue weighted by Crippen LogP contribution is 2.14. The van der Waals surface area contributed by atoms with Crippen molar-refractivity contribution in [3.05, 3.63) is 24.2 Å². The van der Waals surface area contributed by atoms with Gasteiger partial charge in [0.05, 0.1) is 18.6 Å². The fraction of sp³-hybridized carbons (Fsp3) is 0.500. The number of hydrogen-bond acceptors (Lipinski definition) is 6. The second-order valence-corrected chi connectivity index (χ2v) is 6.99. The summed E-state index contributed by atoms with van der Waals surface area (Å²) in [5.41, 5.74) is 0.865. The maximum absolute atomic E-state index is 12.4. The predicted octanol–water partition coefficient (Wildman–Crippen LogP) is 0.821. The highest BCUT2D eigenvalue weighted by atomic mass is 32.2. The average Bonchev–Trinajstić information content (AvgIpc) is 3.08. The number of carbonyl (C=O) groups is 4. The van der Waals surface area contributed by atoms with Gasteiger partial charge in [0.15, 0.2) is 0 Å². The maximum atomic E-state index is 12.4. The highest BCUT2D eigenvalue weighted by molar-refractivity contribution is 8.12. The molecule has 0 aromatic carbocycles. The lowest BCUT2D eigenvalue weighted by atomic mass is 10.0. The van der Waals surface area contributed by atoms with Crippen LogP contribution in [-0.2, 0) is 20.1 Å². The van der Waals surface area contributed by atoms with E-state index in [0.717, 1.165) is 17.3 Å². The molecule has 3 amide bonds. The van der Waals surface area contributed by atoms with Crippen LogP contribution in [0.5, 0.6) is 0 Å². The molecule has 2 rings (SSSR count). The minimum Gasteiger partial charge on any atom is -0.472 e. The van der Waals surface area contributed by atoms with Crippen LogP contribution >= 0.6 is 11.8 Å². The second-order valence-electron chi connectivity index (χ2n) is 6.04. The molecule has 1 saturated heterocycles. The molecule has 8 nitrogen and oxygen atoms in total. The Kier molecular flexibility index (Phi) is 6.63. The standard InChI is InChI=1S/C16H21N3O5S/c1-9(2)12(19-16(23)25-8-10-4-6-24-7-10)14(21)18-11-3-5-17-15(22)13(11)20/h4,6-7,9,11-12H,3,5,8H2,1-2H3,(H,17,22)(H,18,21)(H,19,23). The number of carbonyl (C=O) groups excluding carboxylic acids is 4. The molecule has 0 bridgehead atoms. The molecule has 1 aromatic rings. The second kappa shape index (κ2) is 8.70. The molecule has 2 unspecified atom stereocenters. The summed E-state index contributed by atoms with van der Waals surface area (Å²) in [5.74, 6) is -1.58. The Morgan fingerprint density at radius 2 is 2.16 bits per heavy atom. The number of Topliss-reactive ketones (excluding diaryl/α,β-unsaturated/α-hetero) is 1. The van der Waals surface area contributed by atoms with Crippen molar-refractivity contribution in [3.8, 4) is 0 Å². The Morgan fingerprint density at radius 3 is 2.80 bits per heavy atom. The predicted molar refractivity (Wildman–Crippen MR) is 91.7 cm³/mol. The molecule has 0 radical (unpaired) electrons. The first-order valence-electron chi connectivity index (χ1n) is 7.95. The van der Waals surface area contributed by atoms with Crippen molar-refractivity contribution in [1.29, 1.82) is 0 Å². The quantitative estimate of drug-likeness (QED) is 0.641. The number of ketones is 1. The van der Waals surface area contributed by atoms with Gasteiger partial charge in [-0.15, -0.1) is 0 Å². The number of thioether (sulfide) groups is 1. The van der Waals surface area contributed by atoms with Crippen LogP contribution in [0.15, 0.2) is 23.0 Å². The Labute approximate surface area is 149 Å². The van der Waals surface area contributed by atoms with Crippen LogP contribution in [0.2, 0.25) is 0 Å². The van der Waals surface area contributed by atoms with Gasteiger partial charge in [0.2, 0.25) is 11.7 Å². The van der Waals surface area contributed by atoms with Gasteiger partial charge in [0, 0.05) is 17.9 Å². The topological polar surface area (TPSA) is 118 Å². The fourth-order valence-electron chi connectivity index (χ4n) is 2.33. The van der Waals surface area contributed by atoms with E-state index >= 15 is 0 Å². The van der Waals surface area contributed by atoms with Crippen LogP contribution in [0.25, 0.3) is 0 Å². The summed E-state index contributed by atoms with van der Waals surface area (Å²) in [6.45, 7) is 3.91. The van der Waals surface area contributed by atoms with Crippen molar-refractivity contribution in [2.75, 3.05) is 6.54 Å². The first-order chi connectivity index (χ1) is 11.9. The average molecular weight is 367 g/mol. The van der Waals surface area contributed by atoms with E-state index in [-0.39, 0.29) is 11.2 Å².